The van der Waals surface area contributed by atoms with E-state index >= 15 is 0 Å². The Morgan fingerprint density at radius 2 is 1.16 bits per heavy atom. The number of hydrogen-bond acceptors (Lipinski definition) is 10. The second-order valence-corrected chi connectivity index (χ2v) is 17.8. The van der Waals surface area contributed by atoms with Crippen molar-refractivity contribution in [3.05, 3.63) is 11.9 Å². The van der Waals surface area contributed by atoms with Crippen molar-refractivity contribution in [2.45, 2.75) is 181 Å². The average Bonchev–Trinajstić information content (AvgIpc) is 3.54. The average molecular weight is 792 g/mol. The highest BCUT2D eigenvalue weighted by Crippen LogP contribution is 2.19. The van der Waals surface area contributed by atoms with Gasteiger partial charge in [0.15, 0.2) is 0 Å². The van der Waals surface area contributed by atoms with Gasteiger partial charge in [-0.05, 0) is 101 Å². The van der Waals surface area contributed by atoms with E-state index in [1.54, 1.807) is 15.8 Å². The quantitative estimate of drug-likeness (QED) is 0.0716. The van der Waals surface area contributed by atoms with Crippen LogP contribution in [0.4, 0.5) is 9.59 Å². The van der Waals surface area contributed by atoms with Gasteiger partial charge in [-0.3, -0.25) is 14.4 Å². The molecule has 15 heteroatoms. The smallest absolute Gasteiger partial charge is 0.410 e. The lowest BCUT2D eigenvalue weighted by atomic mass is 10.1. The predicted octanol–water partition coefficient (Wildman–Crippen LogP) is 6.89. The molecule has 0 bridgehead atoms. The molecule has 56 heavy (non-hydrogen) atoms. The Hall–Kier alpha value is -3.91. The van der Waals surface area contributed by atoms with E-state index in [0.717, 1.165) is 76.3 Å². The molecule has 1 aliphatic rings. The van der Waals surface area contributed by atoms with E-state index in [1.807, 2.05) is 67.2 Å². The third kappa shape index (κ3) is 22.0. The topological polar surface area (TPSA) is 174 Å². The highest BCUT2D eigenvalue weighted by molar-refractivity contribution is 5.81. The molecular formula is C41H73N7O8. The summed E-state index contributed by atoms with van der Waals surface area (Å²) < 4.78 is 17.7. The van der Waals surface area contributed by atoms with E-state index in [-0.39, 0.29) is 36.7 Å². The molecule has 2 rings (SSSR count). The van der Waals surface area contributed by atoms with Crippen molar-refractivity contribution < 1.29 is 38.2 Å². The Labute approximate surface area is 335 Å². The standard InChI is InChI=1S/C41H73N7O8/c1-39(2,3)54-35(50)24-23-33(48-31-32(44-45-48)21-17-16-20-26-43-37(52)55-40(4,5)6)36(51)42-25-19-15-13-11-10-12-14-18-22-34(49)46-27-29-47(30-28-46)38(53)56-41(7,8)9/h31,33H,10-30H2,1-9H3,(H,42,51)(H,43,52)/t33-/m0/s1. The van der Waals surface area contributed by atoms with Gasteiger partial charge in [0.1, 0.15) is 22.8 Å². The second-order valence-electron chi connectivity index (χ2n) is 17.8. The van der Waals surface area contributed by atoms with E-state index in [4.69, 9.17) is 14.2 Å². The predicted molar refractivity (Wildman–Crippen MR) is 215 cm³/mol. The van der Waals surface area contributed by atoms with E-state index < -0.39 is 28.9 Å². The number of carbonyl (C=O) groups is 5. The molecule has 0 aromatic carbocycles. The van der Waals surface area contributed by atoms with Gasteiger partial charge in [-0.1, -0.05) is 50.2 Å². The van der Waals surface area contributed by atoms with Gasteiger partial charge in [0.2, 0.25) is 11.8 Å². The van der Waals surface area contributed by atoms with Gasteiger partial charge >= 0.3 is 18.2 Å². The highest BCUT2D eigenvalue weighted by Gasteiger charge is 2.28. The van der Waals surface area contributed by atoms with Crippen molar-refractivity contribution in [1.29, 1.82) is 0 Å². The lowest BCUT2D eigenvalue weighted by Gasteiger charge is -2.35. The molecule has 4 amide bonds. The normalized spacial score (nSPS) is 14.2. The molecule has 0 unspecified atom stereocenters. The van der Waals surface area contributed by atoms with Gasteiger partial charge in [0, 0.05) is 58.3 Å². The Morgan fingerprint density at radius 3 is 1.75 bits per heavy atom. The van der Waals surface area contributed by atoms with Crippen LogP contribution in [0.3, 0.4) is 0 Å². The van der Waals surface area contributed by atoms with Gasteiger partial charge in [0.25, 0.3) is 0 Å². The molecule has 0 saturated carbocycles. The zero-order valence-corrected chi connectivity index (χ0v) is 36.0. The van der Waals surface area contributed by atoms with Gasteiger partial charge in [0.05, 0.1) is 5.69 Å². The van der Waals surface area contributed by atoms with Crippen LogP contribution in [0.1, 0.15) is 164 Å². The Bertz CT molecular complexity index is 1350. The summed E-state index contributed by atoms with van der Waals surface area (Å²) >= 11 is 0. The number of nitrogens with one attached hydrogen (secondary N) is 2. The molecule has 1 aliphatic heterocycles. The fraction of sp³-hybridized carbons (Fsp3) is 0.829. The molecule has 1 atom stereocenters. The SMILES string of the molecule is CC(C)(C)OC(=O)CC[C@@H](C(=O)NCCCCCCCCCCC(=O)N1CCN(C(=O)OC(C)(C)C)CC1)n1cc(CCCCCNC(=O)OC(C)(C)C)nn1. The number of aromatic nitrogens is 3. The molecule has 1 aromatic rings. The van der Waals surface area contributed by atoms with Gasteiger partial charge < -0.3 is 34.6 Å². The summed E-state index contributed by atoms with van der Waals surface area (Å²) in [5, 5.41) is 14.4. The summed E-state index contributed by atoms with van der Waals surface area (Å²) in [7, 11) is 0. The summed E-state index contributed by atoms with van der Waals surface area (Å²) in [4.78, 5) is 66.1. The van der Waals surface area contributed by atoms with Gasteiger partial charge in [-0.25, -0.2) is 14.3 Å². The molecule has 1 fully saturated rings. The minimum absolute atomic E-state index is 0.0796. The summed E-state index contributed by atoms with van der Waals surface area (Å²) in [5.41, 5.74) is -0.904. The number of rotatable bonds is 22. The van der Waals surface area contributed by atoms with Crippen LogP contribution in [0.15, 0.2) is 6.20 Å². The highest BCUT2D eigenvalue weighted by atomic mass is 16.6. The maximum Gasteiger partial charge on any atom is 0.410 e. The largest absolute Gasteiger partial charge is 0.460 e. The van der Waals surface area contributed by atoms with Crippen molar-refractivity contribution in [2.75, 3.05) is 39.3 Å². The summed E-state index contributed by atoms with van der Waals surface area (Å²) in [6, 6.07) is -0.685. The maximum absolute atomic E-state index is 13.4. The van der Waals surface area contributed by atoms with E-state index in [0.29, 0.717) is 52.1 Å². The number of amides is 4. The van der Waals surface area contributed by atoms with Crippen LogP contribution in [-0.2, 0) is 35.0 Å². The maximum atomic E-state index is 13.4. The van der Waals surface area contributed by atoms with Crippen molar-refractivity contribution in [2.24, 2.45) is 0 Å². The Kier molecular flexibility index (Phi) is 20.7. The first-order valence-corrected chi connectivity index (χ1v) is 20.9. The first-order chi connectivity index (χ1) is 26.2. The van der Waals surface area contributed by atoms with Crippen LogP contribution in [0.5, 0.6) is 0 Å². The van der Waals surface area contributed by atoms with Crippen LogP contribution >= 0.6 is 0 Å². The molecule has 1 aromatic heterocycles. The zero-order chi connectivity index (χ0) is 41.8. The number of esters is 1. The van der Waals surface area contributed by atoms with Crippen molar-refractivity contribution >= 4 is 30.0 Å². The minimum atomic E-state index is -0.685. The van der Waals surface area contributed by atoms with Crippen molar-refractivity contribution in [3.8, 4) is 0 Å². The number of ether oxygens (including phenoxy) is 3. The molecule has 0 spiro atoms. The van der Waals surface area contributed by atoms with Gasteiger partial charge in [-0.15, -0.1) is 5.10 Å². The van der Waals surface area contributed by atoms with E-state index in [2.05, 4.69) is 20.9 Å². The molecule has 0 aliphatic carbocycles. The van der Waals surface area contributed by atoms with Crippen LogP contribution in [0.2, 0.25) is 0 Å². The Balaban J connectivity index is 1.65. The number of unbranched alkanes of at least 4 members (excludes halogenated alkanes) is 9. The number of piperazine rings is 1. The van der Waals surface area contributed by atoms with Crippen LogP contribution in [0.25, 0.3) is 0 Å². The first-order valence-electron chi connectivity index (χ1n) is 20.9. The number of alkyl carbamates (subject to hydrolysis) is 1. The van der Waals surface area contributed by atoms with Crippen molar-refractivity contribution in [1.82, 2.24) is 35.4 Å². The molecular weight excluding hydrogens is 718 g/mol. The second kappa shape index (κ2) is 24.0. The fourth-order valence-corrected chi connectivity index (χ4v) is 6.14. The monoisotopic (exact) mass is 792 g/mol. The molecule has 320 valence electrons. The molecule has 0 radical (unpaired) electrons. The zero-order valence-electron chi connectivity index (χ0n) is 36.0. The molecule has 15 nitrogen and oxygen atoms in total. The first kappa shape index (κ1) is 48.2. The minimum Gasteiger partial charge on any atom is -0.460 e. The molecule has 2 N–H and O–H groups in total. The summed E-state index contributed by atoms with van der Waals surface area (Å²) in [5.74, 6) is -0.402. The lowest BCUT2D eigenvalue weighted by molar-refractivity contribution is -0.155. The van der Waals surface area contributed by atoms with Crippen LogP contribution in [0, 0.1) is 0 Å². The third-order valence-electron chi connectivity index (χ3n) is 8.90. The lowest BCUT2D eigenvalue weighted by Crippen LogP contribution is -2.51. The van der Waals surface area contributed by atoms with Crippen molar-refractivity contribution in [3.63, 3.8) is 0 Å². The number of carbonyl (C=O) groups excluding carboxylic acids is 5. The summed E-state index contributed by atoms with van der Waals surface area (Å²) in [6.45, 7) is 19.6. The number of nitrogens with zero attached hydrogens (tertiary/aromatic N) is 5. The number of aryl methyl sites for hydroxylation is 1. The number of hydrogen-bond donors (Lipinski definition) is 2. The summed E-state index contributed by atoms with van der Waals surface area (Å²) in [6.07, 6.45) is 13.2. The van der Waals surface area contributed by atoms with Crippen LogP contribution in [-0.4, -0.2) is 111 Å². The third-order valence-corrected chi connectivity index (χ3v) is 8.90. The Morgan fingerprint density at radius 1 is 0.643 bits per heavy atom. The van der Waals surface area contributed by atoms with Gasteiger partial charge in [-0.2, -0.15) is 0 Å². The van der Waals surface area contributed by atoms with E-state index in [9.17, 15) is 24.0 Å². The van der Waals surface area contributed by atoms with E-state index in [1.165, 1.54) is 0 Å². The fourth-order valence-electron chi connectivity index (χ4n) is 6.14. The molecule has 2 heterocycles. The van der Waals surface area contributed by atoms with Crippen LogP contribution < -0.4 is 10.6 Å². The molecule has 1 saturated heterocycles.